The number of hydrogen-bond acceptors (Lipinski definition) is 4. The molecule has 1 heterocycles. The van der Waals surface area contributed by atoms with Crippen LogP contribution in [0.15, 0.2) is 30.7 Å². The fraction of sp³-hybridized carbons (Fsp3) is 0.357. The second kappa shape index (κ2) is 5.75. The number of methoxy groups -OCH3 is 2. The Labute approximate surface area is 113 Å². The van der Waals surface area contributed by atoms with Crippen LogP contribution in [0.4, 0.5) is 0 Å². The predicted octanol–water partition coefficient (Wildman–Crippen LogP) is 1.75. The van der Waals surface area contributed by atoms with Crippen molar-refractivity contribution in [2.45, 2.75) is 6.04 Å². The molecule has 0 aliphatic heterocycles. The maximum Gasteiger partial charge on any atom is 0.122 e. The Bertz CT molecular complexity index is 529. The lowest BCUT2D eigenvalue weighted by molar-refractivity contribution is 0.392. The van der Waals surface area contributed by atoms with Crippen LogP contribution in [0, 0.1) is 0 Å². The third-order valence-electron chi connectivity index (χ3n) is 3.15. The quantitative estimate of drug-likeness (QED) is 0.890. The number of rotatable bonds is 5. The van der Waals surface area contributed by atoms with E-state index in [2.05, 4.69) is 10.3 Å². The highest BCUT2D eigenvalue weighted by Gasteiger charge is 2.17. The molecule has 0 aliphatic carbocycles. The second-order valence-electron chi connectivity index (χ2n) is 4.30. The zero-order valence-corrected chi connectivity index (χ0v) is 11.7. The fourth-order valence-electron chi connectivity index (χ4n) is 2.13. The van der Waals surface area contributed by atoms with Crippen LogP contribution >= 0.6 is 0 Å². The Kier molecular flexibility index (Phi) is 4.06. The summed E-state index contributed by atoms with van der Waals surface area (Å²) in [4.78, 5) is 4.16. The van der Waals surface area contributed by atoms with Crippen LogP contribution in [0.2, 0.25) is 0 Å². The molecule has 2 rings (SSSR count). The van der Waals surface area contributed by atoms with E-state index in [4.69, 9.17) is 9.47 Å². The van der Waals surface area contributed by atoms with Gasteiger partial charge in [0.2, 0.25) is 0 Å². The first kappa shape index (κ1) is 13.4. The van der Waals surface area contributed by atoms with Gasteiger partial charge in [0.25, 0.3) is 0 Å². The van der Waals surface area contributed by atoms with Crippen LogP contribution in [0.1, 0.15) is 17.3 Å². The lowest BCUT2D eigenvalue weighted by Crippen LogP contribution is -2.20. The summed E-state index contributed by atoms with van der Waals surface area (Å²) in [6, 6.07) is 5.89. The first-order valence-corrected chi connectivity index (χ1v) is 6.06. The van der Waals surface area contributed by atoms with Crippen molar-refractivity contribution in [1.82, 2.24) is 14.9 Å². The monoisotopic (exact) mass is 261 g/mol. The molecule has 0 bridgehead atoms. The van der Waals surface area contributed by atoms with E-state index in [0.717, 1.165) is 22.8 Å². The molecule has 5 heteroatoms. The molecule has 1 N–H and O–H groups in total. The second-order valence-corrected chi connectivity index (χ2v) is 4.30. The van der Waals surface area contributed by atoms with Crippen LogP contribution in [-0.2, 0) is 7.05 Å². The van der Waals surface area contributed by atoms with Crippen molar-refractivity contribution in [3.63, 3.8) is 0 Å². The van der Waals surface area contributed by atoms with E-state index in [1.807, 2.05) is 43.1 Å². The van der Waals surface area contributed by atoms with Crippen molar-refractivity contribution in [3.8, 4) is 11.5 Å². The summed E-state index contributed by atoms with van der Waals surface area (Å²) in [5.74, 6) is 1.55. The van der Waals surface area contributed by atoms with Crippen LogP contribution in [0.5, 0.6) is 11.5 Å². The van der Waals surface area contributed by atoms with Crippen LogP contribution in [0.3, 0.4) is 0 Å². The van der Waals surface area contributed by atoms with Crippen LogP contribution in [-0.4, -0.2) is 30.8 Å². The summed E-state index contributed by atoms with van der Waals surface area (Å²) in [5.41, 5.74) is 2.15. The maximum atomic E-state index is 5.31. The number of imidazole rings is 1. The average Bonchev–Trinajstić information content (AvgIpc) is 2.85. The predicted molar refractivity (Wildman–Crippen MR) is 73.7 cm³/mol. The van der Waals surface area contributed by atoms with E-state index in [1.165, 1.54) is 0 Å². The average molecular weight is 261 g/mol. The van der Waals surface area contributed by atoms with Gasteiger partial charge in [0.05, 0.1) is 38.5 Å². The fourth-order valence-corrected chi connectivity index (χ4v) is 2.13. The third-order valence-corrected chi connectivity index (χ3v) is 3.15. The minimum absolute atomic E-state index is 0.0384. The summed E-state index contributed by atoms with van der Waals surface area (Å²) < 4.78 is 12.6. The van der Waals surface area contributed by atoms with Gasteiger partial charge in [0.1, 0.15) is 11.5 Å². The molecule has 19 heavy (non-hydrogen) atoms. The van der Waals surface area contributed by atoms with Gasteiger partial charge in [-0.15, -0.1) is 0 Å². The summed E-state index contributed by atoms with van der Waals surface area (Å²) in [7, 11) is 7.20. The molecule has 102 valence electrons. The number of hydrogen-bond donors (Lipinski definition) is 1. The largest absolute Gasteiger partial charge is 0.497 e. The Morgan fingerprint density at radius 3 is 2.21 bits per heavy atom. The summed E-state index contributed by atoms with van der Waals surface area (Å²) in [6.07, 6.45) is 3.64. The molecule has 0 amide bonds. The number of nitrogens with one attached hydrogen (secondary N) is 1. The van der Waals surface area contributed by atoms with Gasteiger partial charge >= 0.3 is 0 Å². The highest BCUT2D eigenvalue weighted by atomic mass is 16.5. The van der Waals surface area contributed by atoms with Gasteiger partial charge in [-0.05, 0) is 24.7 Å². The molecule has 0 spiro atoms. The molecule has 0 saturated heterocycles. The van der Waals surface area contributed by atoms with Crippen molar-refractivity contribution in [2.24, 2.45) is 7.05 Å². The van der Waals surface area contributed by atoms with Gasteiger partial charge < -0.3 is 19.4 Å². The number of ether oxygens (including phenoxy) is 2. The highest BCUT2D eigenvalue weighted by molar-refractivity contribution is 5.42. The van der Waals surface area contributed by atoms with Crippen molar-refractivity contribution in [2.75, 3.05) is 21.3 Å². The lowest BCUT2D eigenvalue weighted by atomic mass is 10.0. The topological polar surface area (TPSA) is 48.3 Å². The Morgan fingerprint density at radius 2 is 1.79 bits per heavy atom. The summed E-state index contributed by atoms with van der Waals surface area (Å²) in [5, 5.41) is 3.29. The molecule has 1 atom stereocenters. The van der Waals surface area contributed by atoms with Gasteiger partial charge in [0.15, 0.2) is 0 Å². The number of benzene rings is 1. The van der Waals surface area contributed by atoms with Crippen molar-refractivity contribution in [3.05, 3.63) is 42.0 Å². The minimum atomic E-state index is 0.0384. The normalized spacial score (nSPS) is 12.2. The molecule has 5 nitrogen and oxygen atoms in total. The molecular formula is C14H19N3O2. The SMILES string of the molecule is CNC(c1cc(OC)cc(OC)c1)c1cncn1C. The molecule has 2 aromatic rings. The zero-order valence-electron chi connectivity index (χ0n) is 11.7. The first-order chi connectivity index (χ1) is 9.19. The van der Waals surface area contributed by atoms with E-state index >= 15 is 0 Å². The Hall–Kier alpha value is -2.01. The van der Waals surface area contributed by atoms with E-state index in [-0.39, 0.29) is 6.04 Å². The molecule has 0 radical (unpaired) electrons. The molecular weight excluding hydrogens is 242 g/mol. The first-order valence-electron chi connectivity index (χ1n) is 6.06. The van der Waals surface area contributed by atoms with Crippen molar-refractivity contribution >= 4 is 0 Å². The number of nitrogens with zero attached hydrogens (tertiary/aromatic N) is 2. The van der Waals surface area contributed by atoms with Gasteiger partial charge in [-0.3, -0.25) is 0 Å². The molecule has 0 aliphatic rings. The standard InChI is InChI=1S/C14H19N3O2/c1-15-14(13-8-16-9-17(13)2)10-5-11(18-3)7-12(6-10)19-4/h5-9,14-15H,1-4H3. The molecule has 1 aromatic carbocycles. The molecule has 0 saturated carbocycles. The van der Waals surface area contributed by atoms with Gasteiger partial charge in [-0.25, -0.2) is 4.98 Å². The zero-order chi connectivity index (χ0) is 13.8. The van der Waals surface area contributed by atoms with Gasteiger partial charge in [-0.1, -0.05) is 0 Å². The van der Waals surface area contributed by atoms with Crippen LogP contribution < -0.4 is 14.8 Å². The van der Waals surface area contributed by atoms with Crippen LogP contribution in [0.25, 0.3) is 0 Å². The number of aryl methyl sites for hydroxylation is 1. The molecule has 1 aromatic heterocycles. The van der Waals surface area contributed by atoms with E-state index < -0.39 is 0 Å². The van der Waals surface area contributed by atoms with Crippen molar-refractivity contribution in [1.29, 1.82) is 0 Å². The summed E-state index contributed by atoms with van der Waals surface area (Å²) >= 11 is 0. The molecule has 0 fully saturated rings. The molecule has 1 unspecified atom stereocenters. The highest BCUT2D eigenvalue weighted by Crippen LogP contribution is 2.29. The minimum Gasteiger partial charge on any atom is -0.497 e. The van der Waals surface area contributed by atoms with Crippen molar-refractivity contribution < 1.29 is 9.47 Å². The van der Waals surface area contributed by atoms with Gasteiger partial charge in [-0.2, -0.15) is 0 Å². The third kappa shape index (κ3) is 2.71. The number of aromatic nitrogens is 2. The van der Waals surface area contributed by atoms with Gasteiger partial charge in [0, 0.05) is 13.1 Å². The smallest absolute Gasteiger partial charge is 0.122 e. The van der Waals surface area contributed by atoms with E-state index in [9.17, 15) is 0 Å². The maximum absolute atomic E-state index is 5.31. The van der Waals surface area contributed by atoms with E-state index in [1.54, 1.807) is 20.5 Å². The van der Waals surface area contributed by atoms with E-state index in [0.29, 0.717) is 0 Å². The Balaban J connectivity index is 2.46. The Morgan fingerprint density at radius 1 is 1.16 bits per heavy atom. The lowest BCUT2D eigenvalue weighted by Gasteiger charge is -2.18. The summed E-state index contributed by atoms with van der Waals surface area (Å²) in [6.45, 7) is 0.